The first-order valence-corrected chi connectivity index (χ1v) is 6.22. The number of benzene rings is 1. The molecule has 0 spiro atoms. The Morgan fingerprint density at radius 1 is 1.29 bits per heavy atom. The van der Waals surface area contributed by atoms with Gasteiger partial charge < -0.3 is 9.64 Å². The van der Waals surface area contributed by atoms with E-state index in [4.69, 9.17) is 16.3 Å². The quantitative estimate of drug-likeness (QED) is 0.805. The first-order chi connectivity index (χ1) is 8.11. The topological polar surface area (TPSA) is 15.7 Å². The molecule has 0 bridgehead atoms. The molecule has 1 aliphatic rings. The molecule has 0 N–H and O–H groups in total. The minimum Gasteiger partial charge on any atom is -0.496 e. The van der Waals surface area contributed by atoms with E-state index in [-0.39, 0.29) is 0 Å². The van der Waals surface area contributed by atoms with Crippen LogP contribution in [-0.2, 0) is 0 Å². The van der Waals surface area contributed by atoms with Gasteiger partial charge >= 0.3 is 0 Å². The van der Waals surface area contributed by atoms with Crippen LogP contribution in [0.3, 0.4) is 0 Å². The highest BCUT2D eigenvalue weighted by Crippen LogP contribution is 2.32. The van der Waals surface area contributed by atoms with Crippen LogP contribution < -0.4 is 4.74 Å². The van der Waals surface area contributed by atoms with E-state index in [0.29, 0.717) is 6.04 Å². The Kier molecular flexibility index (Phi) is 3.92. The molecule has 1 aromatic carbocycles. The van der Waals surface area contributed by atoms with Gasteiger partial charge in [-0.05, 0) is 32.3 Å². The van der Waals surface area contributed by atoms with Crippen LogP contribution in [0.2, 0.25) is 5.02 Å². The summed E-state index contributed by atoms with van der Waals surface area (Å²) in [6.07, 6.45) is 0. The molecule has 0 amide bonds. The normalized spacial score (nSPS) is 22.7. The lowest BCUT2D eigenvalue weighted by molar-refractivity contribution is 0.113. The molecule has 4 heteroatoms. The zero-order valence-corrected chi connectivity index (χ0v) is 11.4. The number of hydrogen-bond donors (Lipinski definition) is 0. The molecule has 1 heterocycles. The second-order valence-electron chi connectivity index (χ2n) is 4.64. The predicted octanol–water partition coefficient (Wildman–Crippen LogP) is 2.27. The van der Waals surface area contributed by atoms with E-state index in [1.807, 2.05) is 18.2 Å². The lowest BCUT2D eigenvalue weighted by Gasteiger charge is -2.38. The van der Waals surface area contributed by atoms with Gasteiger partial charge in [0.05, 0.1) is 13.2 Å². The Hall–Kier alpha value is -0.770. The van der Waals surface area contributed by atoms with Crippen molar-refractivity contribution in [1.82, 2.24) is 9.80 Å². The number of halogens is 1. The number of piperazine rings is 1. The van der Waals surface area contributed by atoms with Crippen LogP contribution >= 0.6 is 11.6 Å². The number of nitrogens with zero attached hydrogens (tertiary/aromatic N) is 2. The zero-order valence-electron chi connectivity index (χ0n) is 10.6. The van der Waals surface area contributed by atoms with Crippen LogP contribution in [-0.4, -0.2) is 50.6 Å². The largest absolute Gasteiger partial charge is 0.496 e. The summed E-state index contributed by atoms with van der Waals surface area (Å²) in [6, 6.07) is 6.18. The minimum atomic E-state index is 0.349. The van der Waals surface area contributed by atoms with Gasteiger partial charge in [0.2, 0.25) is 0 Å². The van der Waals surface area contributed by atoms with Crippen molar-refractivity contribution < 1.29 is 4.74 Å². The lowest BCUT2D eigenvalue weighted by atomic mass is 10.0. The fourth-order valence-corrected chi connectivity index (χ4v) is 2.49. The summed E-state index contributed by atoms with van der Waals surface area (Å²) in [6.45, 7) is 3.18. The van der Waals surface area contributed by atoms with Crippen molar-refractivity contribution in [1.29, 1.82) is 0 Å². The molecule has 94 valence electrons. The molecule has 3 nitrogen and oxygen atoms in total. The van der Waals surface area contributed by atoms with Gasteiger partial charge in [-0.3, -0.25) is 4.90 Å². The maximum atomic E-state index is 6.09. The van der Waals surface area contributed by atoms with E-state index in [2.05, 4.69) is 23.9 Å². The maximum absolute atomic E-state index is 6.09. The van der Waals surface area contributed by atoms with Gasteiger partial charge in [0.1, 0.15) is 5.75 Å². The van der Waals surface area contributed by atoms with E-state index >= 15 is 0 Å². The Balaban J connectivity index is 2.33. The second kappa shape index (κ2) is 5.25. The van der Waals surface area contributed by atoms with Gasteiger partial charge in [-0.25, -0.2) is 0 Å². The van der Waals surface area contributed by atoms with Gasteiger partial charge in [-0.2, -0.15) is 0 Å². The second-order valence-corrected chi connectivity index (χ2v) is 5.08. The number of ether oxygens (including phenoxy) is 1. The number of rotatable bonds is 2. The summed E-state index contributed by atoms with van der Waals surface area (Å²) >= 11 is 6.09. The molecular formula is C13H19ClN2O. The molecule has 1 unspecified atom stereocenters. The monoisotopic (exact) mass is 254 g/mol. The van der Waals surface area contributed by atoms with Gasteiger partial charge in [-0.15, -0.1) is 0 Å². The summed E-state index contributed by atoms with van der Waals surface area (Å²) < 4.78 is 5.43. The minimum absolute atomic E-state index is 0.349. The van der Waals surface area contributed by atoms with E-state index in [1.54, 1.807) is 7.11 Å². The number of hydrogen-bond acceptors (Lipinski definition) is 3. The highest BCUT2D eigenvalue weighted by molar-refractivity contribution is 6.30. The predicted molar refractivity (Wildman–Crippen MR) is 70.9 cm³/mol. The van der Waals surface area contributed by atoms with Crippen molar-refractivity contribution in [2.45, 2.75) is 6.04 Å². The average Bonchev–Trinajstić information content (AvgIpc) is 2.32. The zero-order chi connectivity index (χ0) is 12.4. The summed E-state index contributed by atoms with van der Waals surface area (Å²) in [4.78, 5) is 4.69. The van der Waals surface area contributed by atoms with E-state index < -0.39 is 0 Å². The molecule has 0 saturated carbocycles. The van der Waals surface area contributed by atoms with Gasteiger partial charge in [0.15, 0.2) is 0 Å². The third kappa shape index (κ3) is 2.73. The molecular weight excluding hydrogens is 236 g/mol. The van der Waals surface area contributed by atoms with Crippen molar-refractivity contribution in [2.75, 3.05) is 40.8 Å². The SMILES string of the molecule is COc1ccc(Cl)cc1C1CN(C)CCN1C. The van der Waals surface area contributed by atoms with Crippen LogP contribution in [0.1, 0.15) is 11.6 Å². The van der Waals surface area contributed by atoms with Crippen molar-refractivity contribution in [3.05, 3.63) is 28.8 Å². The van der Waals surface area contributed by atoms with E-state index in [0.717, 1.165) is 30.4 Å². The van der Waals surface area contributed by atoms with Crippen molar-refractivity contribution in [3.63, 3.8) is 0 Å². The molecule has 0 radical (unpaired) electrons. The number of methoxy groups -OCH3 is 1. The Morgan fingerprint density at radius 3 is 2.76 bits per heavy atom. The first kappa shape index (κ1) is 12.7. The first-order valence-electron chi connectivity index (χ1n) is 5.84. The molecule has 1 fully saturated rings. The van der Waals surface area contributed by atoms with Crippen LogP contribution in [0.15, 0.2) is 18.2 Å². The fraction of sp³-hybridized carbons (Fsp3) is 0.538. The Bertz CT molecular complexity index is 397. The number of likely N-dealkylation sites (N-methyl/N-ethyl adjacent to an activating group) is 2. The van der Waals surface area contributed by atoms with Crippen molar-refractivity contribution >= 4 is 11.6 Å². The smallest absolute Gasteiger partial charge is 0.123 e. The molecule has 1 aromatic rings. The highest BCUT2D eigenvalue weighted by Gasteiger charge is 2.26. The molecule has 0 aromatic heterocycles. The standard InChI is InChI=1S/C13H19ClN2O/c1-15-6-7-16(2)12(9-15)11-8-10(14)4-5-13(11)17-3/h4-5,8,12H,6-7,9H2,1-3H3. The maximum Gasteiger partial charge on any atom is 0.123 e. The molecule has 2 rings (SSSR count). The fourth-order valence-electron chi connectivity index (χ4n) is 2.31. The summed E-state index contributed by atoms with van der Waals surface area (Å²) in [5.74, 6) is 0.918. The average molecular weight is 255 g/mol. The van der Waals surface area contributed by atoms with Crippen LogP contribution in [0.25, 0.3) is 0 Å². The van der Waals surface area contributed by atoms with Crippen LogP contribution in [0.5, 0.6) is 5.75 Å². The van der Waals surface area contributed by atoms with E-state index in [1.165, 1.54) is 5.56 Å². The Labute approximate surface area is 108 Å². The molecule has 1 saturated heterocycles. The van der Waals surface area contributed by atoms with Crippen LogP contribution in [0.4, 0.5) is 0 Å². The van der Waals surface area contributed by atoms with Crippen LogP contribution in [0, 0.1) is 0 Å². The highest BCUT2D eigenvalue weighted by atomic mass is 35.5. The molecule has 0 aliphatic carbocycles. The summed E-state index contributed by atoms with van der Waals surface area (Å²) in [5, 5.41) is 0.766. The van der Waals surface area contributed by atoms with Gasteiger partial charge in [0, 0.05) is 30.2 Å². The summed E-state index contributed by atoms with van der Waals surface area (Å²) in [5.41, 5.74) is 1.18. The van der Waals surface area contributed by atoms with Crippen molar-refractivity contribution in [2.24, 2.45) is 0 Å². The Morgan fingerprint density at radius 2 is 2.06 bits per heavy atom. The van der Waals surface area contributed by atoms with Gasteiger partial charge in [-0.1, -0.05) is 11.6 Å². The molecule has 1 atom stereocenters. The third-order valence-electron chi connectivity index (χ3n) is 3.40. The summed E-state index contributed by atoms with van der Waals surface area (Å²) in [7, 11) is 6.01. The van der Waals surface area contributed by atoms with Gasteiger partial charge in [0.25, 0.3) is 0 Å². The van der Waals surface area contributed by atoms with Crippen molar-refractivity contribution in [3.8, 4) is 5.75 Å². The molecule has 1 aliphatic heterocycles. The lowest BCUT2D eigenvalue weighted by Crippen LogP contribution is -2.44. The van der Waals surface area contributed by atoms with E-state index in [9.17, 15) is 0 Å². The molecule has 17 heavy (non-hydrogen) atoms. The third-order valence-corrected chi connectivity index (χ3v) is 3.64.